The number of aryl methyl sites for hydroxylation is 1. The molecule has 7 nitrogen and oxygen atoms in total. The van der Waals surface area contributed by atoms with Gasteiger partial charge < -0.3 is 15.1 Å². The third kappa shape index (κ3) is 6.18. The molecule has 0 radical (unpaired) electrons. The Bertz CT molecular complexity index is 1140. The van der Waals surface area contributed by atoms with Gasteiger partial charge in [0.05, 0.1) is 12.8 Å². The van der Waals surface area contributed by atoms with Crippen molar-refractivity contribution >= 4 is 23.4 Å². The number of carbonyl (C=O) groups is 3. The largest absolute Gasteiger partial charge is 0.459 e. The van der Waals surface area contributed by atoms with E-state index in [-0.39, 0.29) is 24.3 Å². The summed E-state index contributed by atoms with van der Waals surface area (Å²) in [6.45, 7) is 1.65. The average Bonchev–Trinajstić information content (AvgIpc) is 3.42. The molecule has 0 unspecified atom stereocenters. The fourth-order valence-corrected chi connectivity index (χ4v) is 4.53. The zero-order valence-electron chi connectivity index (χ0n) is 19.9. The number of hydrogen-bond acceptors (Lipinski definition) is 4. The van der Waals surface area contributed by atoms with Gasteiger partial charge in [-0.05, 0) is 55.2 Å². The van der Waals surface area contributed by atoms with E-state index >= 15 is 0 Å². The molecule has 3 amide bonds. The zero-order valence-corrected chi connectivity index (χ0v) is 19.9. The number of hydrogen-bond donors (Lipinski definition) is 2. The van der Waals surface area contributed by atoms with Crippen molar-refractivity contribution in [3.63, 3.8) is 0 Å². The molecule has 1 atom stereocenters. The van der Waals surface area contributed by atoms with Crippen molar-refractivity contribution in [2.24, 2.45) is 0 Å². The van der Waals surface area contributed by atoms with Gasteiger partial charge in [0.1, 0.15) is 6.04 Å². The van der Waals surface area contributed by atoms with E-state index in [2.05, 4.69) is 10.6 Å². The van der Waals surface area contributed by atoms with Gasteiger partial charge in [-0.2, -0.15) is 0 Å². The molecule has 1 fully saturated rings. The molecule has 1 heterocycles. The number of furan rings is 1. The SMILES string of the molecule is Cc1cccc(N(C(=O)CNC(=O)c2ccco2)[C@@H](C(=O)NC2CCCCC2)c2ccccc2)c1. The van der Waals surface area contributed by atoms with Crippen molar-refractivity contribution < 1.29 is 18.8 Å². The predicted octanol–water partition coefficient (Wildman–Crippen LogP) is 4.54. The second-order valence-corrected chi connectivity index (χ2v) is 8.92. The molecule has 35 heavy (non-hydrogen) atoms. The van der Waals surface area contributed by atoms with E-state index in [1.54, 1.807) is 6.07 Å². The number of carbonyl (C=O) groups excluding carboxylic acids is 3. The Morgan fingerprint density at radius 1 is 0.971 bits per heavy atom. The Morgan fingerprint density at radius 3 is 2.43 bits per heavy atom. The Balaban J connectivity index is 1.66. The quantitative estimate of drug-likeness (QED) is 0.502. The highest BCUT2D eigenvalue weighted by Gasteiger charge is 2.34. The predicted molar refractivity (Wildman–Crippen MR) is 134 cm³/mol. The fourth-order valence-electron chi connectivity index (χ4n) is 4.53. The zero-order chi connectivity index (χ0) is 24.6. The topological polar surface area (TPSA) is 91.7 Å². The molecule has 0 aliphatic heterocycles. The van der Waals surface area contributed by atoms with Gasteiger partial charge in [0.25, 0.3) is 5.91 Å². The summed E-state index contributed by atoms with van der Waals surface area (Å²) in [5.41, 5.74) is 2.25. The number of rotatable bonds is 8. The lowest BCUT2D eigenvalue weighted by Gasteiger charge is -2.33. The van der Waals surface area contributed by atoms with E-state index in [9.17, 15) is 14.4 Å². The van der Waals surface area contributed by atoms with Gasteiger partial charge >= 0.3 is 0 Å². The lowest BCUT2D eigenvalue weighted by molar-refractivity contribution is -0.127. The Hall–Kier alpha value is -3.87. The first kappa shape index (κ1) is 24.3. The molecule has 1 aromatic heterocycles. The summed E-state index contributed by atoms with van der Waals surface area (Å²) in [6, 6.07) is 19.1. The summed E-state index contributed by atoms with van der Waals surface area (Å²) in [4.78, 5) is 41.3. The maximum atomic E-state index is 13.7. The van der Waals surface area contributed by atoms with Crippen molar-refractivity contribution in [3.05, 3.63) is 89.9 Å². The summed E-state index contributed by atoms with van der Waals surface area (Å²) in [5.74, 6) is -0.997. The molecular formula is C28H31N3O4. The Labute approximate surface area is 205 Å². The number of benzene rings is 2. The third-order valence-electron chi connectivity index (χ3n) is 6.27. The second-order valence-electron chi connectivity index (χ2n) is 8.92. The van der Waals surface area contributed by atoms with Crippen molar-refractivity contribution in [3.8, 4) is 0 Å². The summed E-state index contributed by atoms with van der Waals surface area (Å²) in [5, 5.41) is 5.81. The lowest BCUT2D eigenvalue weighted by Crippen LogP contribution is -2.49. The van der Waals surface area contributed by atoms with Gasteiger partial charge in [-0.3, -0.25) is 19.3 Å². The van der Waals surface area contributed by atoms with E-state index in [0.29, 0.717) is 11.3 Å². The van der Waals surface area contributed by atoms with E-state index in [0.717, 1.165) is 31.2 Å². The van der Waals surface area contributed by atoms with Crippen LogP contribution in [-0.2, 0) is 9.59 Å². The standard InChI is InChI=1S/C28H31N3O4/c1-20-10-8-15-23(18-20)31(25(32)19-29-27(33)24-16-9-17-35-24)26(21-11-4-2-5-12-21)28(34)30-22-13-6-3-7-14-22/h2,4-5,8-12,15-18,22,26H,3,6-7,13-14,19H2,1H3,(H,29,33)(H,30,34)/t26-/m1/s1. The molecule has 0 bridgehead atoms. The summed E-state index contributed by atoms with van der Waals surface area (Å²) in [7, 11) is 0. The van der Waals surface area contributed by atoms with Crippen LogP contribution in [0, 0.1) is 6.92 Å². The maximum absolute atomic E-state index is 13.7. The number of nitrogens with one attached hydrogen (secondary N) is 2. The van der Waals surface area contributed by atoms with Crippen molar-refractivity contribution in [1.82, 2.24) is 10.6 Å². The molecule has 1 aliphatic carbocycles. The van der Waals surface area contributed by atoms with E-state index in [1.165, 1.54) is 23.7 Å². The van der Waals surface area contributed by atoms with Crippen LogP contribution >= 0.6 is 0 Å². The first-order chi connectivity index (χ1) is 17.0. The van der Waals surface area contributed by atoms with Crippen LogP contribution in [0.3, 0.4) is 0 Å². The van der Waals surface area contributed by atoms with Crippen LogP contribution in [0.4, 0.5) is 5.69 Å². The number of nitrogens with zero attached hydrogens (tertiary/aromatic N) is 1. The van der Waals surface area contributed by atoms with Crippen LogP contribution in [0.15, 0.2) is 77.4 Å². The maximum Gasteiger partial charge on any atom is 0.287 e. The first-order valence-corrected chi connectivity index (χ1v) is 12.1. The summed E-state index contributed by atoms with van der Waals surface area (Å²) in [6.07, 6.45) is 6.62. The van der Waals surface area contributed by atoms with Crippen LogP contribution in [-0.4, -0.2) is 30.3 Å². The van der Waals surface area contributed by atoms with Gasteiger partial charge in [-0.15, -0.1) is 0 Å². The minimum absolute atomic E-state index is 0.0931. The van der Waals surface area contributed by atoms with Gasteiger partial charge in [0.15, 0.2) is 5.76 Å². The van der Waals surface area contributed by atoms with Crippen LogP contribution in [0.1, 0.15) is 59.8 Å². The minimum Gasteiger partial charge on any atom is -0.459 e. The normalized spacial score (nSPS) is 14.7. The van der Waals surface area contributed by atoms with Crippen LogP contribution in [0.25, 0.3) is 0 Å². The molecule has 4 rings (SSSR count). The van der Waals surface area contributed by atoms with Gasteiger partial charge in [0.2, 0.25) is 11.8 Å². The van der Waals surface area contributed by atoms with Crippen LogP contribution in [0.2, 0.25) is 0 Å². The molecule has 0 spiro atoms. The number of amides is 3. The molecular weight excluding hydrogens is 442 g/mol. The van der Waals surface area contributed by atoms with Crippen molar-refractivity contribution in [1.29, 1.82) is 0 Å². The van der Waals surface area contributed by atoms with E-state index < -0.39 is 17.9 Å². The van der Waals surface area contributed by atoms with Gasteiger partial charge in [-0.25, -0.2) is 0 Å². The molecule has 1 aliphatic rings. The highest BCUT2D eigenvalue weighted by Crippen LogP contribution is 2.29. The second kappa shape index (κ2) is 11.5. The van der Waals surface area contributed by atoms with E-state index in [1.807, 2.05) is 61.5 Å². The highest BCUT2D eigenvalue weighted by molar-refractivity contribution is 6.04. The summed E-state index contributed by atoms with van der Waals surface area (Å²) >= 11 is 0. The number of anilines is 1. The van der Waals surface area contributed by atoms with E-state index in [4.69, 9.17) is 4.42 Å². The van der Waals surface area contributed by atoms with Gasteiger partial charge in [0, 0.05) is 11.7 Å². The summed E-state index contributed by atoms with van der Waals surface area (Å²) < 4.78 is 5.13. The highest BCUT2D eigenvalue weighted by atomic mass is 16.3. The molecule has 0 saturated heterocycles. The first-order valence-electron chi connectivity index (χ1n) is 12.1. The average molecular weight is 474 g/mol. The molecule has 3 aromatic rings. The molecule has 7 heteroatoms. The van der Waals surface area contributed by atoms with Crippen molar-refractivity contribution in [2.45, 2.75) is 51.1 Å². The smallest absolute Gasteiger partial charge is 0.287 e. The van der Waals surface area contributed by atoms with Crippen LogP contribution in [0.5, 0.6) is 0 Å². The minimum atomic E-state index is -0.882. The molecule has 182 valence electrons. The van der Waals surface area contributed by atoms with Gasteiger partial charge in [-0.1, -0.05) is 61.7 Å². The third-order valence-corrected chi connectivity index (χ3v) is 6.27. The monoisotopic (exact) mass is 473 g/mol. The lowest BCUT2D eigenvalue weighted by atomic mass is 9.94. The molecule has 2 aromatic carbocycles. The fraction of sp³-hybridized carbons (Fsp3) is 0.321. The van der Waals surface area contributed by atoms with Crippen LogP contribution < -0.4 is 15.5 Å². The van der Waals surface area contributed by atoms with Crippen molar-refractivity contribution in [2.75, 3.05) is 11.4 Å². The Kier molecular flexibility index (Phi) is 7.98. The molecule has 1 saturated carbocycles. The molecule has 2 N–H and O–H groups in total. The Morgan fingerprint density at radius 2 is 1.74 bits per heavy atom.